The van der Waals surface area contributed by atoms with Crippen LogP contribution in [-0.2, 0) is 66.2 Å². The Labute approximate surface area is 405 Å². The minimum Gasteiger partial charge on any atom is -0.466 e. The van der Waals surface area contributed by atoms with Crippen LogP contribution in [0.5, 0.6) is 0 Å². The van der Waals surface area contributed by atoms with E-state index in [0.717, 1.165) is 33.6 Å². The van der Waals surface area contributed by atoms with E-state index in [9.17, 15) is 28.8 Å². The number of amides is 2. The van der Waals surface area contributed by atoms with Crippen LogP contribution in [0.1, 0.15) is 55.7 Å². The lowest BCUT2D eigenvalue weighted by Crippen LogP contribution is -2.63. The summed E-state index contributed by atoms with van der Waals surface area (Å²) in [5.74, 6) is -2.97. The molecule has 0 aliphatic carbocycles. The Hall–Kier alpha value is -7.88. The van der Waals surface area contributed by atoms with Crippen LogP contribution in [-0.4, -0.2) is 116 Å². The van der Waals surface area contributed by atoms with Gasteiger partial charge in [0, 0.05) is 37.3 Å². The summed E-state index contributed by atoms with van der Waals surface area (Å²) in [5, 5.41) is 0. The first kappa shape index (κ1) is 47.2. The van der Waals surface area contributed by atoms with Gasteiger partial charge in [0.05, 0.1) is 75.6 Å². The Morgan fingerprint density at radius 2 is 1.10 bits per heavy atom. The molecule has 70 heavy (non-hydrogen) atoms. The number of nitrogens with zero attached hydrogens (tertiary/aromatic N) is 6. The standard InChI is InChI=1S/C54H54N6O10/c1-7-8-22-36-33(2)57(45-41(47(63)67-3)43(49(65)69-5)55-51-53(36,45)27-25-39(61)59(51)31-34-18-11-9-12-19-34)29-17-30-58-38-24-16-15-23-37(38)54-28-26-40(62)60(32-35-20-13-10-14-21-35)52(54)56-44(50(66)70-6)42(46(54)58)48(64)68-4/h7-16,18-24,45-46H,1,17,25-32H2,2-6H3/b22-8-/t45?,46?,53-,54-/m0/s1. The van der Waals surface area contributed by atoms with Gasteiger partial charge in [0.1, 0.15) is 11.7 Å². The average Bonchev–Trinajstić information content (AvgIpc) is 3.80. The van der Waals surface area contributed by atoms with Crippen LogP contribution in [0.2, 0.25) is 0 Å². The van der Waals surface area contributed by atoms with Gasteiger partial charge in [-0.25, -0.2) is 29.2 Å². The van der Waals surface area contributed by atoms with E-state index >= 15 is 0 Å². The number of anilines is 1. The second kappa shape index (κ2) is 18.9. The van der Waals surface area contributed by atoms with Crippen molar-refractivity contribution in [1.29, 1.82) is 0 Å². The maximum absolute atomic E-state index is 14.3. The number of methoxy groups -OCH3 is 4. The summed E-state index contributed by atoms with van der Waals surface area (Å²) in [6.07, 6.45) is 6.55. The molecular formula is C54H54N6O10. The van der Waals surface area contributed by atoms with Gasteiger partial charge >= 0.3 is 23.9 Å². The minimum absolute atomic E-state index is 0.00363. The second-order valence-corrected chi connectivity index (χ2v) is 17.9. The lowest BCUT2D eigenvalue weighted by Gasteiger charge is -2.50. The molecule has 2 spiro atoms. The number of amidine groups is 2. The molecule has 3 aromatic carbocycles. The predicted octanol–water partition coefficient (Wildman–Crippen LogP) is 5.86. The third-order valence-corrected chi connectivity index (χ3v) is 14.6. The molecule has 6 aliphatic rings. The summed E-state index contributed by atoms with van der Waals surface area (Å²) < 4.78 is 21.4. The van der Waals surface area contributed by atoms with Crippen LogP contribution in [0.3, 0.4) is 0 Å². The Kier molecular flexibility index (Phi) is 12.7. The number of aliphatic imine (C=N–C) groups is 2. The maximum atomic E-state index is 14.3. The van der Waals surface area contributed by atoms with Gasteiger partial charge in [0.25, 0.3) is 0 Å². The van der Waals surface area contributed by atoms with E-state index in [0.29, 0.717) is 18.1 Å². The monoisotopic (exact) mass is 946 g/mol. The fraction of sp³-hybridized carbons (Fsp3) is 0.333. The number of hydrogen-bond acceptors (Lipinski definition) is 14. The van der Waals surface area contributed by atoms with Crippen molar-refractivity contribution in [3.05, 3.63) is 160 Å². The van der Waals surface area contributed by atoms with Crippen molar-refractivity contribution in [2.45, 2.75) is 69.6 Å². The summed E-state index contributed by atoms with van der Waals surface area (Å²) in [5.41, 5.74) is 2.14. The smallest absolute Gasteiger partial charge is 0.357 e. The Morgan fingerprint density at radius 1 is 0.643 bits per heavy atom. The Balaban J connectivity index is 1.17. The predicted molar refractivity (Wildman–Crippen MR) is 258 cm³/mol. The number of fused-ring (bicyclic) bond motifs is 1. The van der Waals surface area contributed by atoms with E-state index in [1.165, 1.54) is 28.4 Å². The average molecular weight is 947 g/mol. The highest BCUT2D eigenvalue weighted by Gasteiger charge is 2.65. The van der Waals surface area contributed by atoms with Gasteiger partial charge in [-0.1, -0.05) is 104 Å². The SMILES string of the molecule is C=C/C=C\C1=C(C)N(CCCN2c3ccccc3[C@]34CCC(=O)N(Cc5ccccc5)C3=NC(C(=O)OC)=C(C(=O)OC)C24)C2C(C(=O)OC)=C(C(=O)OC)N=C3N(Cc4ccccc4)C(=O)CC[C@]312. The van der Waals surface area contributed by atoms with Crippen LogP contribution < -0.4 is 4.90 Å². The fourth-order valence-electron chi connectivity index (χ4n) is 11.7. The first-order valence-corrected chi connectivity index (χ1v) is 23.2. The second-order valence-electron chi connectivity index (χ2n) is 17.9. The molecule has 2 amide bonds. The van der Waals surface area contributed by atoms with Crippen molar-refractivity contribution >= 4 is 53.1 Å². The van der Waals surface area contributed by atoms with Crippen LogP contribution in [0.4, 0.5) is 5.69 Å². The molecule has 0 aromatic heterocycles. The number of likely N-dealkylation sites (tertiary alicyclic amines) is 2. The molecule has 6 heterocycles. The first-order chi connectivity index (χ1) is 33.9. The van der Waals surface area contributed by atoms with E-state index in [1.54, 1.807) is 22.0 Å². The molecule has 16 nitrogen and oxygen atoms in total. The van der Waals surface area contributed by atoms with Crippen molar-refractivity contribution in [3.8, 4) is 0 Å². The van der Waals surface area contributed by atoms with Gasteiger partial charge in [0.2, 0.25) is 11.8 Å². The minimum atomic E-state index is -1.13. The van der Waals surface area contributed by atoms with E-state index in [2.05, 4.69) is 16.4 Å². The van der Waals surface area contributed by atoms with Gasteiger partial charge in [-0.05, 0) is 54.5 Å². The summed E-state index contributed by atoms with van der Waals surface area (Å²) >= 11 is 0. The molecule has 3 aromatic rings. The van der Waals surface area contributed by atoms with E-state index in [4.69, 9.17) is 28.9 Å². The van der Waals surface area contributed by atoms with E-state index in [1.807, 2.05) is 97.9 Å². The molecule has 2 unspecified atom stereocenters. The van der Waals surface area contributed by atoms with Gasteiger partial charge < -0.3 is 28.7 Å². The number of carbonyl (C=O) groups is 6. The third-order valence-electron chi connectivity index (χ3n) is 14.6. The first-order valence-electron chi connectivity index (χ1n) is 23.2. The van der Waals surface area contributed by atoms with Crippen molar-refractivity contribution in [1.82, 2.24) is 14.7 Å². The highest BCUT2D eigenvalue weighted by atomic mass is 16.5. The quantitative estimate of drug-likeness (QED) is 0.107. The van der Waals surface area contributed by atoms with Crippen molar-refractivity contribution in [2.75, 3.05) is 46.4 Å². The molecule has 0 bridgehead atoms. The number of ether oxygens (including phenoxy) is 4. The lowest BCUT2D eigenvalue weighted by molar-refractivity contribution is -0.140. The number of esters is 4. The molecule has 2 fully saturated rings. The van der Waals surface area contributed by atoms with Gasteiger partial charge in [0.15, 0.2) is 11.4 Å². The molecule has 9 rings (SSSR count). The van der Waals surface area contributed by atoms with Crippen LogP contribution in [0.25, 0.3) is 0 Å². The number of hydrogen-bond donors (Lipinski definition) is 0. The molecule has 360 valence electrons. The van der Waals surface area contributed by atoms with Crippen molar-refractivity contribution in [3.63, 3.8) is 0 Å². The number of rotatable bonds is 14. The third kappa shape index (κ3) is 7.35. The van der Waals surface area contributed by atoms with Crippen molar-refractivity contribution in [2.24, 2.45) is 15.4 Å². The van der Waals surface area contributed by atoms with E-state index in [-0.39, 0.29) is 86.2 Å². The number of para-hydroxylation sites is 1. The van der Waals surface area contributed by atoms with E-state index < -0.39 is 46.8 Å². The number of carbonyl (C=O) groups excluding carboxylic acids is 6. The maximum Gasteiger partial charge on any atom is 0.357 e. The zero-order chi connectivity index (χ0) is 49.5. The van der Waals surface area contributed by atoms with Gasteiger partial charge in [-0.2, -0.15) is 0 Å². The molecule has 0 N–H and O–H groups in total. The van der Waals surface area contributed by atoms with Crippen LogP contribution >= 0.6 is 0 Å². The molecule has 4 atom stereocenters. The van der Waals surface area contributed by atoms with Crippen LogP contribution in [0.15, 0.2) is 154 Å². The molecule has 16 heteroatoms. The highest BCUT2D eigenvalue weighted by Crippen LogP contribution is 2.58. The van der Waals surface area contributed by atoms with Gasteiger partial charge in [-0.3, -0.25) is 19.4 Å². The fourth-order valence-corrected chi connectivity index (χ4v) is 11.7. The number of piperidine rings is 2. The normalized spacial score (nSPS) is 23.6. The van der Waals surface area contributed by atoms with Gasteiger partial charge in [-0.15, -0.1) is 0 Å². The molecule has 0 radical (unpaired) electrons. The molecular weight excluding hydrogens is 893 g/mol. The molecule has 6 aliphatic heterocycles. The highest BCUT2D eigenvalue weighted by molar-refractivity contribution is 6.16. The Bertz CT molecular complexity index is 2900. The summed E-state index contributed by atoms with van der Waals surface area (Å²) in [4.78, 5) is 102. The van der Waals surface area contributed by atoms with Crippen molar-refractivity contribution < 1.29 is 47.7 Å². The molecule has 2 saturated heterocycles. The lowest BCUT2D eigenvalue weighted by atomic mass is 9.64. The zero-order valence-electron chi connectivity index (χ0n) is 39.8. The summed E-state index contributed by atoms with van der Waals surface area (Å²) in [6, 6.07) is 25.0. The number of benzene rings is 3. The summed E-state index contributed by atoms with van der Waals surface area (Å²) in [6.45, 7) is 6.78. The summed E-state index contributed by atoms with van der Waals surface area (Å²) in [7, 11) is 4.92. The topological polar surface area (TPSA) is 177 Å². The zero-order valence-corrected chi connectivity index (χ0v) is 39.8. The largest absolute Gasteiger partial charge is 0.466 e. The number of allylic oxidation sites excluding steroid dienone is 4. The molecule has 0 saturated carbocycles. The Morgan fingerprint density at radius 3 is 1.61 bits per heavy atom. The van der Waals surface area contributed by atoms with Crippen LogP contribution in [0, 0.1) is 5.41 Å².